The largest absolute Gasteiger partial charge is 0.396 e. The Morgan fingerprint density at radius 1 is 1.00 bits per heavy atom. The van der Waals surface area contributed by atoms with Crippen molar-refractivity contribution >= 4 is 34.1 Å². The van der Waals surface area contributed by atoms with E-state index < -0.39 is 17.6 Å². The van der Waals surface area contributed by atoms with Gasteiger partial charge >= 0.3 is 0 Å². The Hall–Kier alpha value is -4.20. The molecule has 7 nitrogen and oxygen atoms in total. The average Bonchev–Trinajstić information content (AvgIpc) is 3.13. The quantitative estimate of drug-likeness (QED) is 0.399. The van der Waals surface area contributed by atoms with E-state index in [1.54, 1.807) is 12.1 Å². The molecule has 144 valence electrons. The highest BCUT2D eigenvalue weighted by Gasteiger charge is 2.19. The molecular weight excluding hydrogens is 373 g/mol. The Balaban J connectivity index is 1.68. The van der Waals surface area contributed by atoms with Crippen LogP contribution in [0.3, 0.4) is 0 Å². The smallest absolute Gasteiger partial charge is 0.269 e. The van der Waals surface area contributed by atoms with Gasteiger partial charge in [-0.3, -0.25) is 9.59 Å². The van der Waals surface area contributed by atoms with Crippen molar-refractivity contribution in [2.75, 3.05) is 11.1 Å². The van der Waals surface area contributed by atoms with Crippen molar-refractivity contribution in [3.05, 3.63) is 77.7 Å². The molecule has 1 aromatic heterocycles. The molecule has 0 fully saturated rings. The van der Waals surface area contributed by atoms with E-state index in [1.807, 2.05) is 30.3 Å². The van der Waals surface area contributed by atoms with Gasteiger partial charge in [0.15, 0.2) is 5.82 Å². The van der Waals surface area contributed by atoms with E-state index >= 15 is 0 Å². The van der Waals surface area contributed by atoms with E-state index in [0.29, 0.717) is 11.1 Å². The standard InChI is InChI=1S/C21H16FN5O2/c22-15-8-7-13(10-16(15)23)19-25-17(18(24)28)20(26-19)27-21(29)14-6-5-11-3-1-2-4-12(11)9-14/h1-10H,23H2,(H2,24,28)(H,25,26)(H,27,29). The van der Waals surface area contributed by atoms with Crippen molar-refractivity contribution < 1.29 is 14.0 Å². The summed E-state index contributed by atoms with van der Waals surface area (Å²) in [5.74, 6) is -1.62. The number of nitrogens with two attached hydrogens (primary N) is 2. The molecule has 0 bridgehead atoms. The molecule has 2 amide bonds. The number of nitrogen functional groups attached to an aromatic ring is 1. The van der Waals surface area contributed by atoms with E-state index in [4.69, 9.17) is 11.5 Å². The van der Waals surface area contributed by atoms with Crippen LogP contribution in [0.4, 0.5) is 15.9 Å². The topological polar surface area (TPSA) is 127 Å². The zero-order valence-corrected chi connectivity index (χ0v) is 15.1. The Morgan fingerprint density at radius 2 is 1.76 bits per heavy atom. The van der Waals surface area contributed by atoms with Gasteiger partial charge in [-0.1, -0.05) is 30.3 Å². The minimum absolute atomic E-state index is 0.0199. The van der Waals surface area contributed by atoms with Gasteiger partial charge in [0.05, 0.1) is 5.69 Å². The molecule has 29 heavy (non-hydrogen) atoms. The molecule has 0 radical (unpaired) electrons. The highest BCUT2D eigenvalue weighted by molar-refractivity contribution is 6.09. The molecule has 4 aromatic rings. The van der Waals surface area contributed by atoms with Gasteiger partial charge in [0, 0.05) is 11.1 Å². The fourth-order valence-electron chi connectivity index (χ4n) is 2.98. The summed E-state index contributed by atoms with van der Waals surface area (Å²) in [5, 5.41) is 4.50. The normalized spacial score (nSPS) is 10.8. The molecule has 0 unspecified atom stereocenters. The molecule has 6 N–H and O–H groups in total. The maximum absolute atomic E-state index is 13.4. The number of halogens is 1. The number of hydrogen-bond donors (Lipinski definition) is 4. The van der Waals surface area contributed by atoms with E-state index in [9.17, 15) is 14.0 Å². The van der Waals surface area contributed by atoms with Crippen LogP contribution < -0.4 is 16.8 Å². The summed E-state index contributed by atoms with van der Waals surface area (Å²) in [6, 6.07) is 16.9. The fourth-order valence-corrected chi connectivity index (χ4v) is 2.98. The summed E-state index contributed by atoms with van der Waals surface area (Å²) in [7, 11) is 0. The number of anilines is 2. The first-order valence-electron chi connectivity index (χ1n) is 8.68. The van der Waals surface area contributed by atoms with E-state index in [0.717, 1.165) is 10.8 Å². The lowest BCUT2D eigenvalue weighted by atomic mass is 10.1. The number of imidazole rings is 1. The number of nitrogens with one attached hydrogen (secondary N) is 2. The van der Waals surface area contributed by atoms with E-state index in [1.165, 1.54) is 18.2 Å². The van der Waals surface area contributed by atoms with Gasteiger partial charge in [-0.05, 0) is 41.1 Å². The van der Waals surface area contributed by atoms with E-state index in [-0.39, 0.29) is 23.0 Å². The third-order valence-corrected chi connectivity index (χ3v) is 4.46. The number of aromatic nitrogens is 2. The van der Waals surface area contributed by atoms with Crippen molar-refractivity contribution in [1.82, 2.24) is 9.97 Å². The van der Waals surface area contributed by atoms with Crippen molar-refractivity contribution in [2.24, 2.45) is 5.73 Å². The van der Waals surface area contributed by atoms with Crippen LogP contribution in [0.15, 0.2) is 60.7 Å². The zero-order chi connectivity index (χ0) is 20.5. The molecule has 0 aliphatic carbocycles. The number of aromatic amines is 1. The van der Waals surface area contributed by atoms with Crippen molar-refractivity contribution in [2.45, 2.75) is 0 Å². The predicted octanol–water partition coefficient (Wildman–Crippen LogP) is 3.30. The maximum Gasteiger partial charge on any atom is 0.269 e. The molecule has 4 rings (SSSR count). The summed E-state index contributed by atoms with van der Waals surface area (Å²) >= 11 is 0. The number of nitrogens with zero attached hydrogens (tertiary/aromatic N) is 1. The number of fused-ring (bicyclic) bond motifs is 1. The molecule has 0 saturated heterocycles. The first-order valence-corrected chi connectivity index (χ1v) is 8.68. The molecule has 3 aromatic carbocycles. The number of H-pyrrole nitrogens is 1. The highest BCUT2D eigenvalue weighted by Crippen LogP contribution is 2.25. The number of amides is 2. The molecule has 8 heteroatoms. The first-order chi connectivity index (χ1) is 13.9. The molecule has 0 aliphatic heterocycles. The summed E-state index contributed by atoms with van der Waals surface area (Å²) < 4.78 is 13.4. The first kappa shape index (κ1) is 18.2. The zero-order valence-electron chi connectivity index (χ0n) is 15.1. The minimum atomic E-state index is -0.798. The van der Waals surface area contributed by atoms with Gasteiger partial charge in [-0.25, -0.2) is 9.37 Å². The van der Waals surface area contributed by atoms with Crippen LogP contribution in [0.25, 0.3) is 22.2 Å². The number of carbonyl (C=O) groups excluding carboxylic acids is 2. The van der Waals surface area contributed by atoms with Crippen LogP contribution in [0.2, 0.25) is 0 Å². The van der Waals surface area contributed by atoms with E-state index in [2.05, 4.69) is 15.3 Å². The lowest BCUT2D eigenvalue weighted by molar-refractivity contribution is 0.0997. The lowest BCUT2D eigenvalue weighted by Gasteiger charge is -2.05. The number of rotatable bonds is 4. The third kappa shape index (κ3) is 3.51. The van der Waals surface area contributed by atoms with Crippen LogP contribution in [0.1, 0.15) is 20.8 Å². The molecule has 0 saturated carbocycles. The maximum atomic E-state index is 13.4. The summed E-state index contributed by atoms with van der Waals surface area (Å²) in [6.45, 7) is 0. The SMILES string of the molecule is NC(=O)c1[nH]c(-c2ccc(F)c(N)c2)nc1NC(=O)c1ccc2ccccc2c1. The van der Waals surface area contributed by atoms with Crippen LogP contribution >= 0.6 is 0 Å². The monoisotopic (exact) mass is 389 g/mol. The average molecular weight is 389 g/mol. The molecule has 0 atom stereocenters. The Bertz CT molecular complexity index is 1270. The summed E-state index contributed by atoms with van der Waals surface area (Å²) in [5.41, 5.74) is 11.7. The van der Waals surface area contributed by atoms with Gasteiger partial charge in [-0.15, -0.1) is 0 Å². The van der Waals surface area contributed by atoms with Crippen LogP contribution in [0.5, 0.6) is 0 Å². The Labute approximate surface area is 164 Å². The number of benzene rings is 3. The Morgan fingerprint density at radius 3 is 2.48 bits per heavy atom. The number of hydrogen-bond acceptors (Lipinski definition) is 4. The van der Waals surface area contributed by atoms with Gasteiger partial charge in [0.25, 0.3) is 11.8 Å². The molecule has 0 spiro atoms. The van der Waals surface area contributed by atoms with Gasteiger partial charge in [-0.2, -0.15) is 0 Å². The van der Waals surface area contributed by atoms with Crippen molar-refractivity contribution in [3.8, 4) is 11.4 Å². The second-order valence-corrected chi connectivity index (χ2v) is 6.43. The second kappa shape index (κ2) is 7.08. The Kier molecular flexibility index (Phi) is 4.44. The van der Waals surface area contributed by atoms with Gasteiger partial charge < -0.3 is 21.8 Å². The fraction of sp³-hybridized carbons (Fsp3) is 0. The number of carbonyl (C=O) groups is 2. The highest BCUT2D eigenvalue weighted by atomic mass is 19.1. The number of primary amides is 1. The van der Waals surface area contributed by atoms with Crippen LogP contribution in [-0.4, -0.2) is 21.8 Å². The van der Waals surface area contributed by atoms with Crippen LogP contribution in [0, 0.1) is 5.82 Å². The summed E-state index contributed by atoms with van der Waals surface area (Å²) in [6.07, 6.45) is 0. The van der Waals surface area contributed by atoms with Crippen molar-refractivity contribution in [3.63, 3.8) is 0 Å². The van der Waals surface area contributed by atoms with Crippen LogP contribution in [-0.2, 0) is 0 Å². The lowest BCUT2D eigenvalue weighted by Crippen LogP contribution is -2.18. The summed E-state index contributed by atoms with van der Waals surface area (Å²) in [4.78, 5) is 31.5. The molecule has 1 heterocycles. The molecule has 0 aliphatic rings. The van der Waals surface area contributed by atoms with Gasteiger partial charge in [0.1, 0.15) is 17.3 Å². The van der Waals surface area contributed by atoms with Gasteiger partial charge in [0.2, 0.25) is 0 Å². The second-order valence-electron chi connectivity index (χ2n) is 6.43. The third-order valence-electron chi connectivity index (χ3n) is 4.46. The predicted molar refractivity (Wildman–Crippen MR) is 109 cm³/mol. The minimum Gasteiger partial charge on any atom is -0.396 e. The van der Waals surface area contributed by atoms with Crippen molar-refractivity contribution in [1.29, 1.82) is 0 Å². The molecular formula is C21H16FN5O2.